The van der Waals surface area contributed by atoms with Gasteiger partial charge in [0, 0.05) is 44.6 Å². The molecule has 1 aromatic carbocycles. The van der Waals surface area contributed by atoms with Crippen LogP contribution < -0.4 is 15.1 Å². The summed E-state index contributed by atoms with van der Waals surface area (Å²) in [6, 6.07) is 5.51. The van der Waals surface area contributed by atoms with Gasteiger partial charge in [-0.15, -0.1) is 0 Å². The predicted octanol–water partition coefficient (Wildman–Crippen LogP) is 2.09. The highest BCUT2D eigenvalue weighted by Gasteiger charge is 2.22. The van der Waals surface area contributed by atoms with Gasteiger partial charge in [0.25, 0.3) is 0 Å². The van der Waals surface area contributed by atoms with Crippen molar-refractivity contribution < 1.29 is 19.4 Å². The number of carboxylic acids is 1. The maximum Gasteiger partial charge on any atom is 0.414 e. The van der Waals surface area contributed by atoms with Crippen LogP contribution >= 0.6 is 0 Å². The molecule has 0 radical (unpaired) electrons. The molecule has 1 aliphatic heterocycles. The Morgan fingerprint density at radius 1 is 1.24 bits per heavy atom. The van der Waals surface area contributed by atoms with Crippen LogP contribution in [0.25, 0.3) is 0 Å². The van der Waals surface area contributed by atoms with Crippen molar-refractivity contribution >= 4 is 23.4 Å². The van der Waals surface area contributed by atoms with E-state index in [9.17, 15) is 9.59 Å². The van der Waals surface area contributed by atoms with Crippen LogP contribution in [0.1, 0.15) is 26.3 Å². The zero-order valence-electron chi connectivity index (χ0n) is 15.3. The average molecular weight is 349 g/mol. The van der Waals surface area contributed by atoms with E-state index in [1.165, 1.54) is 4.90 Å². The first-order chi connectivity index (χ1) is 11.7. The van der Waals surface area contributed by atoms with Gasteiger partial charge in [-0.3, -0.25) is 9.69 Å². The molecule has 1 aromatic rings. The molecule has 0 bridgehead atoms. The van der Waals surface area contributed by atoms with Gasteiger partial charge in [0.05, 0.1) is 6.42 Å². The largest absolute Gasteiger partial charge is 0.481 e. The smallest absolute Gasteiger partial charge is 0.414 e. The number of hydrogen-bond donors (Lipinski definition) is 2. The molecule has 1 amide bonds. The second kappa shape index (κ2) is 7.74. The van der Waals surface area contributed by atoms with Gasteiger partial charge in [-0.2, -0.15) is 0 Å². The Kier molecular flexibility index (Phi) is 5.89. The Bertz CT molecular complexity index is 634. The van der Waals surface area contributed by atoms with Crippen LogP contribution in [0.2, 0.25) is 0 Å². The van der Waals surface area contributed by atoms with Gasteiger partial charge in [-0.25, -0.2) is 4.79 Å². The lowest BCUT2D eigenvalue weighted by Gasteiger charge is -2.31. The van der Waals surface area contributed by atoms with E-state index in [1.807, 2.05) is 32.9 Å². The van der Waals surface area contributed by atoms with Crippen molar-refractivity contribution in [3.05, 3.63) is 23.8 Å². The number of nitrogens with one attached hydrogen (secondary N) is 1. The Balaban J connectivity index is 2.31. The van der Waals surface area contributed by atoms with Gasteiger partial charge in [0.2, 0.25) is 0 Å². The molecule has 0 saturated carbocycles. The van der Waals surface area contributed by atoms with Crippen LogP contribution in [0.4, 0.5) is 16.2 Å². The Morgan fingerprint density at radius 2 is 1.88 bits per heavy atom. The minimum absolute atomic E-state index is 0.0882. The van der Waals surface area contributed by atoms with E-state index in [0.717, 1.165) is 31.9 Å². The number of ether oxygens (including phenoxy) is 1. The van der Waals surface area contributed by atoms with E-state index < -0.39 is 17.7 Å². The topological polar surface area (TPSA) is 82.1 Å². The molecule has 7 nitrogen and oxygen atoms in total. The highest BCUT2D eigenvalue weighted by Crippen LogP contribution is 2.26. The van der Waals surface area contributed by atoms with Gasteiger partial charge in [0.1, 0.15) is 5.60 Å². The number of piperazine rings is 1. The van der Waals surface area contributed by atoms with Crippen LogP contribution in [-0.4, -0.2) is 56.0 Å². The molecule has 0 aliphatic carbocycles. The molecular formula is C18H27N3O4. The van der Waals surface area contributed by atoms with Crippen molar-refractivity contribution in [1.29, 1.82) is 0 Å². The van der Waals surface area contributed by atoms with Crippen LogP contribution in [0.3, 0.4) is 0 Å². The summed E-state index contributed by atoms with van der Waals surface area (Å²) in [4.78, 5) is 27.1. The number of rotatable bonds is 4. The third-order valence-corrected chi connectivity index (χ3v) is 3.85. The minimum atomic E-state index is -0.900. The van der Waals surface area contributed by atoms with E-state index in [4.69, 9.17) is 9.84 Å². The molecule has 25 heavy (non-hydrogen) atoms. The number of carbonyl (C=O) groups excluding carboxylic acids is 1. The van der Waals surface area contributed by atoms with E-state index in [1.54, 1.807) is 13.1 Å². The Hall–Kier alpha value is -2.28. The number of anilines is 2. The normalized spacial score (nSPS) is 15.0. The van der Waals surface area contributed by atoms with Crippen LogP contribution in [-0.2, 0) is 16.0 Å². The van der Waals surface area contributed by atoms with Crippen molar-refractivity contribution in [3.8, 4) is 0 Å². The van der Waals surface area contributed by atoms with Crippen molar-refractivity contribution in [2.24, 2.45) is 0 Å². The van der Waals surface area contributed by atoms with Crippen molar-refractivity contribution in [1.82, 2.24) is 5.32 Å². The van der Waals surface area contributed by atoms with Crippen molar-refractivity contribution in [2.75, 3.05) is 43.0 Å². The maximum absolute atomic E-state index is 12.3. The fraction of sp³-hybridized carbons (Fsp3) is 0.556. The summed E-state index contributed by atoms with van der Waals surface area (Å²) < 4.78 is 5.41. The molecule has 2 rings (SSSR count). The lowest BCUT2D eigenvalue weighted by molar-refractivity contribution is -0.136. The number of amides is 1. The first-order valence-electron chi connectivity index (χ1n) is 8.44. The molecule has 1 heterocycles. The van der Waals surface area contributed by atoms with Gasteiger partial charge in [-0.05, 0) is 44.5 Å². The molecule has 1 fully saturated rings. The quantitative estimate of drug-likeness (QED) is 0.866. The highest BCUT2D eigenvalue weighted by molar-refractivity contribution is 5.88. The molecule has 7 heteroatoms. The molecule has 138 valence electrons. The molecule has 2 N–H and O–H groups in total. The van der Waals surface area contributed by atoms with Gasteiger partial charge >= 0.3 is 12.1 Å². The second-order valence-corrected chi connectivity index (χ2v) is 7.20. The zero-order valence-corrected chi connectivity index (χ0v) is 15.3. The lowest BCUT2D eigenvalue weighted by Crippen LogP contribution is -2.43. The number of hydrogen-bond acceptors (Lipinski definition) is 5. The fourth-order valence-electron chi connectivity index (χ4n) is 2.67. The molecule has 0 unspecified atom stereocenters. The number of carboxylic acid groups (broad SMARTS) is 1. The summed E-state index contributed by atoms with van der Waals surface area (Å²) in [7, 11) is 1.63. The summed E-state index contributed by atoms with van der Waals surface area (Å²) in [5.74, 6) is -0.900. The summed E-state index contributed by atoms with van der Waals surface area (Å²) >= 11 is 0. The molecule has 0 spiro atoms. The fourth-order valence-corrected chi connectivity index (χ4v) is 2.67. The van der Waals surface area contributed by atoms with Crippen LogP contribution in [0, 0.1) is 0 Å². The molecule has 1 aliphatic rings. The van der Waals surface area contributed by atoms with Crippen LogP contribution in [0.15, 0.2) is 18.2 Å². The van der Waals surface area contributed by atoms with E-state index >= 15 is 0 Å². The predicted molar refractivity (Wildman–Crippen MR) is 97.5 cm³/mol. The van der Waals surface area contributed by atoms with E-state index in [0.29, 0.717) is 11.3 Å². The van der Waals surface area contributed by atoms with Crippen molar-refractivity contribution in [2.45, 2.75) is 32.8 Å². The van der Waals surface area contributed by atoms with Gasteiger partial charge < -0.3 is 20.1 Å². The monoisotopic (exact) mass is 349 g/mol. The van der Waals surface area contributed by atoms with Crippen molar-refractivity contribution in [3.63, 3.8) is 0 Å². The molecule has 0 aromatic heterocycles. The molecule has 1 saturated heterocycles. The number of nitrogens with zero attached hydrogens (tertiary/aromatic N) is 2. The van der Waals surface area contributed by atoms with Gasteiger partial charge in [0.15, 0.2) is 0 Å². The van der Waals surface area contributed by atoms with E-state index in [-0.39, 0.29) is 6.42 Å². The van der Waals surface area contributed by atoms with E-state index in [2.05, 4.69) is 10.2 Å². The zero-order chi connectivity index (χ0) is 18.6. The lowest BCUT2D eigenvalue weighted by atomic mass is 10.1. The summed E-state index contributed by atoms with van der Waals surface area (Å²) in [5.41, 5.74) is 1.62. The number of aliphatic carboxylic acids is 1. The molecular weight excluding hydrogens is 322 g/mol. The minimum Gasteiger partial charge on any atom is -0.481 e. The second-order valence-electron chi connectivity index (χ2n) is 7.20. The maximum atomic E-state index is 12.3. The standard InChI is InChI=1S/C18H27N3O4/c1-18(2,3)25-17(24)20(4)14-9-13(11-16(22)23)10-15(12-14)21-7-5-19-6-8-21/h9-10,12,19H,5-8,11H2,1-4H3,(H,22,23). The van der Waals surface area contributed by atoms with Gasteiger partial charge in [-0.1, -0.05) is 0 Å². The SMILES string of the molecule is CN(C(=O)OC(C)(C)C)c1cc(CC(=O)O)cc(N2CCNCC2)c1. The summed E-state index contributed by atoms with van der Waals surface area (Å²) in [6.45, 7) is 8.86. The molecule has 0 atom stereocenters. The number of benzene rings is 1. The summed E-state index contributed by atoms with van der Waals surface area (Å²) in [6.07, 6.45) is -0.555. The Morgan fingerprint density at radius 3 is 2.44 bits per heavy atom. The first-order valence-corrected chi connectivity index (χ1v) is 8.44. The third kappa shape index (κ3) is 5.63. The third-order valence-electron chi connectivity index (χ3n) is 3.85. The Labute approximate surface area is 148 Å². The summed E-state index contributed by atoms with van der Waals surface area (Å²) in [5, 5.41) is 12.4. The first kappa shape index (κ1) is 19.1. The highest BCUT2D eigenvalue weighted by atomic mass is 16.6. The average Bonchev–Trinajstić information content (AvgIpc) is 2.52. The van der Waals surface area contributed by atoms with Crippen LogP contribution in [0.5, 0.6) is 0 Å². The number of carbonyl (C=O) groups is 2.